The van der Waals surface area contributed by atoms with Gasteiger partial charge in [0.2, 0.25) is 11.8 Å². The SMILES string of the molecule is CC(=O)N1CCC2(CCCN(Cc3ccc(F)cc3)C2=O)C1. The molecule has 118 valence electrons. The molecule has 2 saturated heterocycles. The van der Waals surface area contributed by atoms with Crippen LogP contribution in [0.4, 0.5) is 4.39 Å². The first-order chi connectivity index (χ1) is 10.5. The molecule has 5 heteroatoms. The molecule has 0 aliphatic carbocycles. The number of halogens is 1. The first-order valence-electron chi connectivity index (χ1n) is 7.79. The van der Waals surface area contributed by atoms with Crippen molar-refractivity contribution in [2.75, 3.05) is 19.6 Å². The van der Waals surface area contributed by atoms with Crippen LogP contribution in [-0.2, 0) is 16.1 Å². The molecule has 1 spiro atoms. The van der Waals surface area contributed by atoms with Crippen LogP contribution in [0.15, 0.2) is 24.3 Å². The van der Waals surface area contributed by atoms with Crippen LogP contribution >= 0.6 is 0 Å². The summed E-state index contributed by atoms with van der Waals surface area (Å²) in [6.07, 6.45) is 2.57. The minimum Gasteiger partial charge on any atom is -0.342 e. The van der Waals surface area contributed by atoms with Crippen LogP contribution in [0.25, 0.3) is 0 Å². The number of nitrogens with zero attached hydrogens (tertiary/aromatic N) is 2. The molecule has 1 atom stereocenters. The standard InChI is InChI=1S/C17H21FN2O2/c1-13(21)20-10-8-17(12-20)7-2-9-19(16(17)22)11-14-3-5-15(18)6-4-14/h3-6H,2,7-12H2,1H3. The lowest BCUT2D eigenvalue weighted by Crippen LogP contribution is -2.49. The zero-order valence-electron chi connectivity index (χ0n) is 12.8. The van der Waals surface area contributed by atoms with Crippen molar-refractivity contribution in [3.63, 3.8) is 0 Å². The fourth-order valence-corrected chi connectivity index (χ4v) is 3.63. The number of carbonyl (C=O) groups is 2. The Labute approximate surface area is 129 Å². The highest BCUT2D eigenvalue weighted by molar-refractivity contribution is 5.85. The van der Waals surface area contributed by atoms with Crippen LogP contribution < -0.4 is 0 Å². The molecule has 3 rings (SSSR count). The molecule has 2 heterocycles. The Morgan fingerprint density at radius 3 is 2.59 bits per heavy atom. The highest BCUT2D eigenvalue weighted by atomic mass is 19.1. The van der Waals surface area contributed by atoms with E-state index in [9.17, 15) is 14.0 Å². The monoisotopic (exact) mass is 304 g/mol. The Kier molecular flexibility index (Phi) is 3.89. The fraction of sp³-hybridized carbons (Fsp3) is 0.529. The van der Waals surface area contributed by atoms with Crippen molar-refractivity contribution < 1.29 is 14.0 Å². The van der Waals surface area contributed by atoms with Crippen LogP contribution in [0.3, 0.4) is 0 Å². The number of hydrogen-bond donors (Lipinski definition) is 0. The number of piperidine rings is 1. The third-order valence-electron chi connectivity index (χ3n) is 4.91. The number of rotatable bonds is 2. The lowest BCUT2D eigenvalue weighted by molar-refractivity contribution is -0.146. The van der Waals surface area contributed by atoms with E-state index in [1.807, 2.05) is 4.90 Å². The Hall–Kier alpha value is -1.91. The minimum absolute atomic E-state index is 0.0420. The van der Waals surface area contributed by atoms with Crippen molar-refractivity contribution in [1.82, 2.24) is 9.80 Å². The van der Waals surface area contributed by atoms with E-state index in [1.165, 1.54) is 12.1 Å². The lowest BCUT2D eigenvalue weighted by atomic mass is 9.78. The van der Waals surface area contributed by atoms with E-state index in [0.29, 0.717) is 19.6 Å². The van der Waals surface area contributed by atoms with Crippen molar-refractivity contribution >= 4 is 11.8 Å². The summed E-state index contributed by atoms with van der Waals surface area (Å²) in [5.74, 6) is -0.0785. The molecule has 22 heavy (non-hydrogen) atoms. The van der Waals surface area contributed by atoms with E-state index in [2.05, 4.69) is 0 Å². The molecule has 2 amide bonds. The average molecular weight is 304 g/mol. The smallest absolute Gasteiger partial charge is 0.230 e. The molecule has 0 radical (unpaired) electrons. The van der Waals surface area contributed by atoms with Gasteiger partial charge in [0.05, 0.1) is 5.41 Å². The summed E-state index contributed by atoms with van der Waals surface area (Å²) in [5, 5.41) is 0. The van der Waals surface area contributed by atoms with Crippen molar-refractivity contribution in [3.05, 3.63) is 35.6 Å². The van der Waals surface area contributed by atoms with Gasteiger partial charge in [-0.25, -0.2) is 4.39 Å². The molecule has 0 bridgehead atoms. The van der Waals surface area contributed by atoms with Gasteiger partial charge in [0.25, 0.3) is 0 Å². The van der Waals surface area contributed by atoms with Crippen molar-refractivity contribution in [1.29, 1.82) is 0 Å². The first kappa shape index (κ1) is 15.0. The second-order valence-electron chi connectivity index (χ2n) is 6.43. The maximum absolute atomic E-state index is 13.0. The van der Waals surface area contributed by atoms with E-state index >= 15 is 0 Å². The molecule has 0 saturated carbocycles. The molecular formula is C17H21FN2O2. The topological polar surface area (TPSA) is 40.6 Å². The van der Waals surface area contributed by atoms with Gasteiger partial charge >= 0.3 is 0 Å². The molecule has 4 nitrogen and oxygen atoms in total. The zero-order valence-corrected chi connectivity index (χ0v) is 12.8. The van der Waals surface area contributed by atoms with Gasteiger partial charge in [0.15, 0.2) is 0 Å². The van der Waals surface area contributed by atoms with Gasteiger partial charge in [-0.3, -0.25) is 9.59 Å². The van der Waals surface area contributed by atoms with Crippen LogP contribution in [0.2, 0.25) is 0 Å². The van der Waals surface area contributed by atoms with Gasteiger partial charge in [-0.05, 0) is 37.0 Å². The van der Waals surface area contributed by atoms with Gasteiger partial charge in [0.1, 0.15) is 5.82 Å². The van der Waals surface area contributed by atoms with E-state index < -0.39 is 5.41 Å². The Bertz CT molecular complexity index is 587. The van der Waals surface area contributed by atoms with Crippen LogP contribution in [-0.4, -0.2) is 41.2 Å². The summed E-state index contributed by atoms with van der Waals surface area (Å²) < 4.78 is 13.0. The van der Waals surface area contributed by atoms with E-state index in [1.54, 1.807) is 24.0 Å². The third-order valence-corrected chi connectivity index (χ3v) is 4.91. The third kappa shape index (κ3) is 2.72. The minimum atomic E-state index is -0.399. The summed E-state index contributed by atoms with van der Waals surface area (Å²) in [6.45, 7) is 4.02. The fourth-order valence-electron chi connectivity index (χ4n) is 3.63. The number of benzene rings is 1. The van der Waals surface area contributed by atoms with E-state index in [0.717, 1.165) is 31.4 Å². The lowest BCUT2D eigenvalue weighted by Gasteiger charge is -2.39. The van der Waals surface area contributed by atoms with Gasteiger partial charge in [0, 0.05) is 33.1 Å². The number of likely N-dealkylation sites (tertiary alicyclic amines) is 2. The normalized spacial score (nSPS) is 25.1. The Morgan fingerprint density at radius 2 is 1.95 bits per heavy atom. The van der Waals surface area contributed by atoms with Gasteiger partial charge in [-0.1, -0.05) is 12.1 Å². The molecule has 1 unspecified atom stereocenters. The molecule has 1 aromatic carbocycles. The van der Waals surface area contributed by atoms with Crippen molar-refractivity contribution in [2.45, 2.75) is 32.7 Å². The maximum atomic E-state index is 13.0. The predicted octanol–water partition coefficient (Wildman–Crippen LogP) is 2.19. The zero-order chi connectivity index (χ0) is 15.7. The molecular weight excluding hydrogens is 283 g/mol. The van der Waals surface area contributed by atoms with Crippen molar-refractivity contribution in [2.24, 2.45) is 5.41 Å². The second-order valence-corrected chi connectivity index (χ2v) is 6.43. The summed E-state index contributed by atoms with van der Waals surface area (Å²) in [5.41, 5.74) is 0.539. The molecule has 0 aromatic heterocycles. The first-order valence-corrected chi connectivity index (χ1v) is 7.79. The van der Waals surface area contributed by atoms with Gasteiger partial charge in [-0.2, -0.15) is 0 Å². The average Bonchev–Trinajstić information content (AvgIpc) is 2.92. The summed E-state index contributed by atoms with van der Waals surface area (Å²) >= 11 is 0. The molecule has 1 aromatic rings. The van der Waals surface area contributed by atoms with Crippen molar-refractivity contribution in [3.8, 4) is 0 Å². The summed E-state index contributed by atoms with van der Waals surface area (Å²) in [4.78, 5) is 28.1. The van der Waals surface area contributed by atoms with Crippen LogP contribution in [0, 0.1) is 11.2 Å². The Balaban J connectivity index is 1.73. The van der Waals surface area contributed by atoms with E-state index in [-0.39, 0.29) is 17.6 Å². The highest BCUT2D eigenvalue weighted by Crippen LogP contribution is 2.40. The van der Waals surface area contributed by atoms with Gasteiger partial charge in [-0.15, -0.1) is 0 Å². The van der Waals surface area contributed by atoms with E-state index in [4.69, 9.17) is 0 Å². The maximum Gasteiger partial charge on any atom is 0.230 e. The predicted molar refractivity (Wildman–Crippen MR) is 80.4 cm³/mol. The number of hydrogen-bond acceptors (Lipinski definition) is 2. The summed E-state index contributed by atoms with van der Waals surface area (Å²) in [7, 11) is 0. The van der Waals surface area contributed by atoms with Crippen LogP contribution in [0.1, 0.15) is 31.7 Å². The van der Waals surface area contributed by atoms with Gasteiger partial charge < -0.3 is 9.80 Å². The Morgan fingerprint density at radius 1 is 1.23 bits per heavy atom. The highest BCUT2D eigenvalue weighted by Gasteiger charge is 2.48. The number of amides is 2. The number of carbonyl (C=O) groups excluding carboxylic acids is 2. The second kappa shape index (κ2) is 5.71. The molecule has 2 aliphatic rings. The largest absolute Gasteiger partial charge is 0.342 e. The molecule has 2 fully saturated rings. The van der Waals surface area contributed by atoms with Crippen LogP contribution in [0.5, 0.6) is 0 Å². The quantitative estimate of drug-likeness (QED) is 0.840. The molecule has 0 N–H and O–H groups in total. The molecule has 2 aliphatic heterocycles. The summed E-state index contributed by atoms with van der Waals surface area (Å²) in [6, 6.07) is 6.29.